The number of thioether (sulfide) groups is 1. The molecule has 0 spiro atoms. The molecule has 0 radical (unpaired) electrons. The first kappa shape index (κ1) is 22.2. The lowest BCUT2D eigenvalue weighted by molar-refractivity contribution is 0.559. The lowest BCUT2D eigenvalue weighted by Crippen LogP contribution is -2.22. The van der Waals surface area contributed by atoms with Crippen LogP contribution in [0.1, 0.15) is 53.3 Å². The molecule has 3 heterocycles. The van der Waals surface area contributed by atoms with E-state index in [4.69, 9.17) is 9.40 Å². The van der Waals surface area contributed by atoms with Gasteiger partial charge in [-0.25, -0.2) is 9.78 Å². The van der Waals surface area contributed by atoms with Gasteiger partial charge in [-0.3, -0.25) is 9.36 Å². The number of allylic oxidation sites excluding steroid dienone is 1. The van der Waals surface area contributed by atoms with Crippen LogP contribution in [0.3, 0.4) is 0 Å². The van der Waals surface area contributed by atoms with Crippen LogP contribution in [0.2, 0.25) is 0 Å². The van der Waals surface area contributed by atoms with Crippen molar-refractivity contribution in [3.05, 3.63) is 78.8 Å². The minimum atomic E-state index is -0.364. The number of nitrogens with zero attached hydrogens (tertiary/aromatic N) is 2. The van der Waals surface area contributed by atoms with Crippen LogP contribution in [0.25, 0.3) is 21.2 Å². The van der Waals surface area contributed by atoms with Gasteiger partial charge >= 0.3 is 5.63 Å². The van der Waals surface area contributed by atoms with E-state index in [0.29, 0.717) is 29.0 Å². The topological polar surface area (TPSA) is 65.1 Å². The number of thiophene rings is 1. The van der Waals surface area contributed by atoms with Gasteiger partial charge in [-0.05, 0) is 66.5 Å². The molecule has 0 N–H and O–H groups in total. The first-order valence-corrected chi connectivity index (χ1v) is 13.0. The molecule has 33 heavy (non-hydrogen) atoms. The van der Waals surface area contributed by atoms with Crippen molar-refractivity contribution >= 4 is 44.3 Å². The van der Waals surface area contributed by atoms with Crippen molar-refractivity contribution < 1.29 is 4.42 Å². The Bertz CT molecular complexity index is 1530. The molecule has 5 nitrogen and oxygen atoms in total. The van der Waals surface area contributed by atoms with Gasteiger partial charge in [-0.2, -0.15) is 0 Å². The van der Waals surface area contributed by atoms with E-state index < -0.39 is 0 Å². The van der Waals surface area contributed by atoms with Gasteiger partial charge < -0.3 is 4.42 Å². The monoisotopic (exact) mass is 478 g/mol. The molecular weight excluding hydrogens is 452 g/mol. The molecule has 4 aromatic rings. The van der Waals surface area contributed by atoms with E-state index in [9.17, 15) is 9.59 Å². The first-order chi connectivity index (χ1) is 15.9. The predicted octanol–water partition coefficient (Wildman–Crippen LogP) is 5.96. The van der Waals surface area contributed by atoms with Gasteiger partial charge in [0.2, 0.25) is 0 Å². The van der Waals surface area contributed by atoms with E-state index in [2.05, 4.69) is 26.5 Å². The van der Waals surface area contributed by atoms with Crippen LogP contribution >= 0.6 is 23.1 Å². The van der Waals surface area contributed by atoms with Gasteiger partial charge in [0.15, 0.2) is 5.16 Å². The summed E-state index contributed by atoms with van der Waals surface area (Å²) in [5.41, 5.74) is 4.67. The SMILES string of the molecule is C=CCn1c(SCc2cc(=O)oc3cc(C)c(C(C)C)cc23)nc2sc3c(c2c1=O)CCC3. The van der Waals surface area contributed by atoms with E-state index >= 15 is 0 Å². The number of benzene rings is 1. The third-order valence-corrected chi connectivity index (χ3v) is 8.51. The largest absolute Gasteiger partial charge is 0.423 e. The fourth-order valence-electron chi connectivity index (χ4n) is 4.73. The molecule has 0 bridgehead atoms. The standard InChI is InChI=1S/C26H26N2O3S2/c1-5-9-28-25(30)23-17-7-6-8-21(17)33-24(23)27-26(28)32-13-16-11-22(29)31-20-10-15(4)18(14(2)3)12-19(16)20/h5,10-12,14H,1,6-9,13H2,2-4H3. The number of aromatic nitrogens is 2. The summed E-state index contributed by atoms with van der Waals surface area (Å²) in [6, 6.07) is 5.64. The maximum atomic E-state index is 13.4. The Hall–Kier alpha value is -2.64. The molecule has 5 rings (SSSR count). The first-order valence-electron chi connectivity index (χ1n) is 11.2. The molecule has 0 amide bonds. The van der Waals surface area contributed by atoms with Crippen molar-refractivity contribution in [3.8, 4) is 0 Å². The Labute approximate surface area is 200 Å². The minimum absolute atomic E-state index is 0.0111. The summed E-state index contributed by atoms with van der Waals surface area (Å²) in [4.78, 5) is 32.7. The summed E-state index contributed by atoms with van der Waals surface area (Å²) in [5.74, 6) is 0.882. The van der Waals surface area contributed by atoms with Crippen LogP contribution in [0.4, 0.5) is 0 Å². The Morgan fingerprint density at radius 2 is 2.09 bits per heavy atom. The second-order valence-corrected chi connectivity index (χ2v) is 10.9. The van der Waals surface area contributed by atoms with Crippen molar-refractivity contribution in [3.63, 3.8) is 0 Å². The van der Waals surface area contributed by atoms with Gasteiger partial charge in [0.1, 0.15) is 10.4 Å². The van der Waals surface area contributed by atoms with Crippen LogP contribution < -0.4 is 11.2 Å². The molecule has 0 unspecified atom stereocenters. The van der Waals surface area contributed by atoms with Crippen LogP contribution in [0.15, 0.2) is 50.0 Å². The van der Waals surface area contributed by atoms with Crippen LogP contribution in [-0.4, -0.2) is 9.55 Å². The predicted molar refractivity (Wildman–Crippen MR) is 137 cm³/mol. The zero-order valence-electron chi connectivity index (χ0n) is 19.1. The van der Waals surface area contributed by atoms with Crippen LogP contribution in [0.5, 0.6) is 0 Å². The molecule has 170 valence electrons. The third-order valence-electron chi connectivity index (χ3n) is 6.30. The highest BCUT2D eigenvalue weighted by Gasteiger charge is 2.23. The molecule has 1 aliphatic carbocycles. The normalized spacial score (nSPS) is 13.3. The van der Waals surface area contributed by atoms with Gasteiger partial charge in [0.25, 0.3) is 5.56 Å². The number of rotatable bonds is 6. The van der Waals surface area contributed by atoms with Crippen LogP contribution in [0, 0.1) is 6.92 Å². The van der Waals surface area contributed by atoms with Crippen molar-refractivity contribution in [2.45, 2.75) is 63.4 Å². The molecule has 7 heteroatoms. The molecule has 0 fully saturated rings. The lowest BCUT2D eigenvalue weighted by Gasteiger charge is -2.14. The summed E-state index contributed by atoms with van der Waals surface area (Å²) in [6.07, 6.45) is 4.82. The maximum Gasteiger partial charge on any atom is 0.336 e. The van der Waals surface area contributed by atoms with E-state index in [1.807, 2.05) is 13.0 Å². The maximum absolute atomic E-state index is 13.4. The number of aryl methyl sites for hydroxylation is 3. The minimum Gasteiger partial charge on any atom is -0.423 e. The molecule has 0 saturated heterocycles. The van der Waals surface area contributed by atoms with Crippen molar-refractivity contribution in [1.82, 2.24) is 9.55 Å². The van der Waals surface area contributed by atoms with Crippen molar-refractivity contribution in [1.29, 1.82) is 0 Å². The molecule has 1 aromatic carbocycles. The summed E-state index contributed by atoms with van der Waals surface area (Å²) in [7, 11) is 0. The van der Waals surface area contributed by atoms with Gasteiger partial charge in [0.05, 0.1) is 5.39 Å². The van der Waals surface area contributed by atoms with E-state index in [0.717, 1.165) is 46.0 Å². The second kappa shape index (κ2) is 8.61. The average Bonchev–Trinajstić information content (AvgIpc) is 3.34. The molecule has 3 aromatic heterocycles. The summed E-state index contributed by atoms with van der Waals surface area (Å²) >= 11 is 3.13. The Morgan fingerprint density at radius 1 is 1.27 bits per heavy atom. The molecule has 1 aliphatic rings. The molecule has 0 saturated carbocycles. The average molecular weight is 479 g/mol. The number of fused-ring (bicyclic) bond motifs is 4. The quantitative estimate of drug-likeness (QED) is 0.148. The van der Waals surface area contributed by atoms with Crippen LogP contribution in [-0.2, 0) is 25.1 Å². The lowest BCUT2D eigenvalue weighted by atomic mass is 9.95. The highest BCUT2D eigenvalue weighted by atomic mass is 32.2. The van der Waals surface area contributed by atoms with Crippen molar-refractivity contribution in [2.24, 2.45) is 0 Å². The van der Waals surface area contributed by atoms with E-state index in [1.165, 1.54) is 27.8 Å². The van der Waals surface area contributed by atoms with E-state index in [-0.39, 0.29) is 11.2 Å². The molecular formula is C26H26N2O3S2. The summed E-state index contributed by atoms with van der Waals surface area (Å²) in [6.45, 7) is 10.6. The zero-order chi connectivity index (χ0) is 23.3. The van der Waals surface area contributed by atoms with Crippen molar-refractivity contribution in [2.75, 3.05) is 0 Å². The highest BCUT2D eigenvalue weighted by Crippen LogP contribution is 2.36. The van der Waals surface area contributed by atoms with E-state index in [1.54, 1.807) is 28.0 Å². The second-order valence-electron chi connectivity index (χ2n) is 8.88. The van der Waals surface area contributed by atoms with Gasteiger partial charge in [0, 0.05) is 28.6 Å². The fourth-order valence-corrected chi connectivity index (χ4v) is 7.04. The molecule has 0 aliphatic heterocycles. The number of hydrogen-bond donors (Lipinski definition) is 0. The molecule has 0 atom stereocenters. The smallest absolute Gasteiger partial charge is 0.336 e. The fraction of sp³-hybridized carbons (Fsp3) is 0.346. The Morgan fingerprint density at radius 3 is 2.85 bits per heavy atom. The third kappa shape index (κ3) is 3.87. The summed E-state index contributed by atoms with van der Waals surface area (Å²) < 4.78 is 7.21. The Kier molecular flexibility index (Phi) is 5.79. The summed E-state index contributed by atoms with van der Waals surface area (Å²) in [5, 5.41) is 2.37. The van der Waals surface area contributed by atoms with Gasteiger partial charge in [-0.15, -0.1) is 17.9 Å². The highest BCUT2D eigenvalue weighted by molar-refractivity contribution is 7.98. The van der Waals surface area contributed by atoms with Gasteiger partial charge in [-0.1, -0.05) is 31.7 Å². The number of hydrogen-bond acceptors (Lipinski definition) is 6. The Balaban J connectivity index is 1.59. The zero-order valence-corrected chi connectivity index (χ0v) is 20.7.